The molecule has 2 fully saturated rings. The summed E-state index contributed by atoms with van der Waals surface area (Å²) in [7, 11) is 3.45. The Balaban J connectivity index is 1.82. The van der Waals surface area contributed by atoms with Crippen LogP contribution in [0.5, 0.6) is 0 Å². The van der Waals surface area contributed by atoms with Crippen LogP contribution in [0.25, 0.3) is 0 Å². The van der Waals surface area contributed by atoms with Gasteiger partial charge in [0.2, 0.25) is 0 Å². The normalized spacial score (nSPS) is 31.6. The van der Waals surface area contributed by atoms with Crippen LogP contribution in [0.1, 0.15) is 38.5 Å². The molecule has 5 heteroatoms. The van der Waals surface area contributed by atoms with Crippen molar-refractivity contribution in [3.8, 4) is 0 Å². The monoisotopic (exact) mass is 314 g/mol. The van der Waals surface area contributed by atoms with Crippen molar-refractivity contribution in [2.75, 3.05) is 14.2 Å². The van der Waals surface area contributed by atoms with Gasteiger partial charge in [-0.2, -0.15) is 11.8 Å². The Hall–Kier alpha value is -0.520. The van der Waals surface area contributed by atoms with Crippen molar-refractivity contribution in [2.45, 2.75) is 55.3 Å². The van der Waals surface area contributed by atoms with E-state index in [-0.39, 0.29) is 12.7 Å². The highest BCUT2D eigenvalue weighted by atomic mass is 32.2. The minimum Gasteiger partial charge on any atom is -0.481 e. The quantitative estimate of drug-likeness (QED) is 0.402. The third-order valence-electron chi connectivity index (χ3n) is 4.60. The van der Waals surface area contributed by atoms with Crippen LogP contribution in [0, 0.1) is 11.8 Å². The van der Waals surface area contributed by atoms with E-state index in [9.17, 15) is 4.79 Å². The van der Waals surface area contributed by atoms with Crippen molar-refractivity contribution in [3.63, 3.8) is 0 Å². The molecule has 1 N–H and O–H groups in total. The lowest BCUT2D eigenvalue weighted by Gasteiger charge is -2.33. The zero-order chi connectivity index (χ0) is 15.2. The number of methoxy groups -OCH3 is 2. The lowest BCUT2D eigenvalue weighted by atomic mass is 9.77. The predicted molar refractivity (Wildman–Crippen MR) is 84.4 cm³/mol. The van der Waals surface area contributed by atoms with Gasteiger partial charge in [0, 0.05) is 37.1 Å². The van der Waals surface area contributed by atoms with Gasteiger partial charge in [-0.3, -0.25) is 4.79 Å². The molecule has 2 aliphatic heterocycles. The summed E-state index contributed by atoms with van der Waals surface area (Å²) in [6.07, 6.45) is 9.72. The fourth-order valence-electron chi connectivity index (χ4n) is 3.65. The molecule has 2 heterocycles. The predicted octanol–water partition coefficient (Wildman–Crippen LogP) is 3.32. The van der Waals surface area contributed by atoms with E-state index in [1.807, 2.05) is 0 Å². The Bertz CT molecular complexity index is 367. The van der Waals surface area contributed by atoms with Crippen LogP contribution >= 0.6 is 11.8 Å². The number of aliphatic carboxylic acids is 1. The molecule has 0 aliphatic carbocycles. The summed E-state index contributed by atoms with van der Waals surface area (Å²) in [5.74, 6) is 0.387. The van der Waals surface area contributed by atoms with Crippen LogP contribution in [0.3, 0.4) is 0 Å². The van der Waals surface area contributed by atoms with Gasteiger partial charge < -0.3 is 14.6 Å². The summed E-state index contributed by atoms with van der Waals surface area (Å²) in [6, 6.07) is 0. The summed E-state index contributed by atoms with van der Waals surface area (Å²) < 4.78 is 11.0. The molecule has 2 rings (SSSR count). The number of unbranched alkanes of at least 4 members (excludes halogenated alkanes) is 1. The maximum Gasteiger partial charge on any atom is 0.303 e. The lowest BCUT2D eigenvalue weighted by molar-refractivity contribution is -0.150. The number of fused-ring (bicyclic) bond motifs is 2. The van der Waals surface area contributed by atoms with Crippen LogP contribution in [0.15, 0.2) is 12.2 Å². The molecule has 4 nitrogen and oxygen atoms in total. The van der Waals surface area contributed by atoms with Gasteiger partial charge in [-0.15, -0.1) is 0 Å². The number of rotatable bonds is 9. The number of carbonyl (C=O) groups is 1. The number of thioether (sulfide) groups is 1. The molecule has 2 saturated heterocycles. The first-order valence-corrected chi connectivity index (χ1v) is 8.69. The van der Waals surface area contributed by atoms with Crippen LogP contribution in [0.4, 0.5) is 0 Å². The van der Waals surface area contributed by atoms with Crippen molar-refractivity contribution in [3.05, 3.63) is 12.2 Å². The molecule has 4 atom stereocenters. The second kappa shape index (κ2) is 8.20. The molecule has 0 aromatic heterocycles. The number of allylic oxidation sites excluding steroid dienone is 2. The highest BCUT2D eigenvalue weighted by Gasteiger charge is 2.51. The van der Waals surface area contributed by atoms with E-state index in [0.717, 1.165) is 24.5 Å². The Morgan fingerprint density at radius 2 is 2.00 bits per heavy atom. The highest BCUT2D eigenvalue weighted by molar-refractivity contribution is 8.01. The first-order chi connectivity index (χ1) is 10.2. The number of hydrogen-bond acceptors (Lipinski definition) is 4. The first-order valence-electron chi connectivity index (χ1n) is 7.75. The van der Waals surface area contributed by atoms with Gasteiger partial charge in [-0.1, -0.05) is 12.2 Å². The maximum atomic E-state index is 10.5. The zero-order valence-corrected chi connectivity index (χ0v) is 13.7. The van der Waals surface area contributed by atoms with Crippen molar-refractivity contribution >= 4 is 17.7 Å². The second-order valence-corrected chi connectivity index (χ2v) is 7.35. The second-order valence-electron chi connectivity index (χ2n) is 5.86. The molecule has 0 saturated carbocycles. The van der Waals surface area contributed by atoms with Gasteiger partial charge in [0.25, 0.3) is 0 Å². The Labute approximate surface area is 131 Å². The third kappa shape index (κ3) is 4.24. The van der Waals surface area contributed by atoms with Gasteiger partial charge in [-0.25, -0.2) is 0 Å². The van der Waals surface area contributed by atoms with E-state index in [2.05, 4.69) is 23.9 Å². The van der Waals surface area contributed by atoms with Gasteiger partial charge >= 0.3 is 5.97 Å². The fraction of sp³-hybridized carbons (Fsp3) is 0.812. The molecule has 2 bridgehead atoms. The lowest BCUT2D eigenvalue weighted by Crippen LogP contribution is -2.38. The summed E-state index contributed by atoms with van der Waals surface area (Å²) in [6.45, 7) is 0. The van der Waals surface area contributed by atoms with Gasteiger partial charge in [0.15, 0.2) is 6.29 Å². The van der Waals surface area contributed by atoms with Crippen LogP contribution < -0.4 is 0 Å². The van der Waals surface area contributed by atoms with Gasteiger partial charge in [-0.05, 0) is 38.0 Å². The SMILES string of the molecule is COC(OC)[C@@H]1[C@H](C/C=C\CCCC(=O)O)[C@@H]2CC[C@H]1S2. The average Bonchev–Trinajstić information content (AvgIpc) is 3.05. The van der Waals surface area contributed by atoms with Crippen LogP contribution in [-0.2, 0) is 14.3 Å². The number of carboxylic acids is 1. The van der Waals surface area contributed by atoms with Crippen LogP contribution in [-0.4, -0.2) is 42.1 Å². The Morgan fingerprint density at radius 1 is 1.29 bits per heavy atom. The summed E-state index contributed by atoms with van der Waals surface area (Å²) in [5, 5.41) is 10.0. The summed E-state index contributed by atoms with van der Waals surface area (Å²) in [4.78, 5) is 10.5. The van der Waals surface area contributed by atoms with E-state index in [1.165, 1.54) is 12.8 Å². The van der Waals surface area contributed by atoms with Gasteiger partial charge in [0.1, 0.15) is 0 Å². The molecular formula is C16H26O4S. The molecule has 0 amide bonds. The molecule has 2 aliphatic rings. The zero-order valence-electron chi connectivity index (χ0n) is 12.9. The first kappa shape index (κ1) is 16.8. The van der Waals surface area contributed by atoms with Crippen molar-refractivity contribution in [1.82, 2.24) is 0 Å². The topological polar surface area (TPSA) is 55.8 Å². The molecule has 120 valence electrons. The Morgan fingerprint density at radius 3 is 2.67 bits per heavy atom. The molecule has 0 radical (unpaired) electrons. The van der Waals surface area contributed by atoms with Crippen molar-refractivity contribution in [2.24, 2.45) is 11.8 Å². The van der Waals surface area contributed by atoms with Gasteiger partial charge in [0.05, 0.1) is 0 Å². The molecule has 21 heavy (non-hydrogen) atoms. The standard InChI is InChI=1S/C16H26O4S/c1-19-16(20-2)15-11(12-9-10-13(15)21-12)7-5-3-4-6-8-14(17)18/h3,5,11-13,15-16H,4,6-10H2,1-2H3,(H,17,18)/b5-3-/t11-,12+,13-,15-/m1/s1. The van der Waals surface area contributed by atoms with E-state index in [0.29, 0.717) is 17.1 Å². The molecule has 0 spiro atoms. The molecular weight excluding hydrogens is 288 g/mol. The van der Waals surface area contributed by atoms with Crippen molar-refractivity contribution in [1.29, 1.82) is 0 Å². The smallest absolute Gasteiger partial charge is 0.303 e. The largest absolute Gasteiger partial charge is 0.481 e. The number of ether oxygens (including phenoxy) is 2. The molecule has 0 aromatic carbocycles. The highest BCUT2D eigenvalue weighted by Crippen LogP contribution is 2.55. The Kier molecular flexibility index (Phi) is 6.58. The van der Waals surface area contributed by atoms with E-state index < -0.39 is 5.97 Å². The third-order valence-corrected chi connectivity index (χ3v) is 6.44. The van der Waals surface area contributed by atoms with Crippen molar-refractivity contribution < 1.29 is 19.4 Å². The summed E-state index contributed by atoms with van der Waals surface area (Å²) >= 11 is 2.11. The van der Waals surface area contributed by atoms with E-state index in [1.54, 1.807) is 14.2 Å². The maximum absolute atomic E-state index is 10.5. The molecule has 0 aromatic rings. The summed E-state index contributed by atoms with van der Waals surface area (Å²) in [5.41, 5.74) is 0. The average molecular weight is 314 g/mol. The fourth-order valence-corrected chi connectivity index (χ4v) is 5.65. The van der Waals surface area contributed by atoms with E-state index >= 15 is 0 Å². The minimum absolute atomic E-state index is 0.0989. The van der Waals surface area contributed by atoms with E-state index in [4.69, 9.17) is 14.6 Å². The number of hydrogen-bond donors (Lipinski definition) is 1. The molecule has 0 unspecified atom stereocenters. The minimum atomic E-state index is -0.712. The number of carboxylic acid groups (broad SMARTS) is 1. The van der Waals surface area contributed by atoms with Crippen LogP contribution in [0.2, 0.25) is 0 Å².